The summed E-state index contributed by atoms with van der Waals surface area (Å²) in [5.41, 5.74) is 2.82. The van der Waals surface area contributed by atoms with E-state index >= 15 is 0 Å². The van der Waals surface area contributed by atoms with Crippen molar-refractivity contribution < 1.29 is 9.40 Å². The van der Waals surface area contributed by atoms with Crippen LogP contribution in [0.4, 0.5) is 5.69 Å². The summed E-state index contributed by atoms with van der Waals surface area (Å²) in [5.74, 6) is 1.81. The summed E-state index contributed by atoms with van der Waals surface area (Å²) in [6, 6.07) is 11.6. The maximum atomic E-state index is 12.3. The number of aromatic nitrogens is 1. The number of nitrogens with zero attached hydrogens (tertiary/aromatic N) is 1. The van der Waals surface area contributed by atoms with Crippen LogP contribution in [-0.4, -0.2) is 18.9 Å². The molecule has 2 heterocycles. The molecule has 0 fully saturated rings. The summed E-state index contributed by atoms with van der Waals surface area (Å²) in [6.07, 6.45) is 3.59. The van der Waals surface area contributed by atoms with Gasteiger partial charge in [0.1, 0.15) is 5.58 Å². The molecule has 1 N–H and O–H groups in total. The summed E-state index contributed by atoms with van der Waals surface area (Å²) in [4.78, 5) is 17.4. The summed E-state index contributed by atoms with van der Waals surface area (Å²) in [6.45, 7) is 10.1. The van der Waals surface area contributed by atoms with Gasteiger partial charge < -0.3 is 9.32 Å². The van der Waals surface area contributed by atoms with Crippen molar-refractivity contribution in [2.45, 2.75) is 27.7 Å². The van der Waals surface area contributed by atoms with Gasteiger partial charge in [-0.05, 0) is 37.9 Å². The van der Waals surface area contributed by atoms with E-state index in [1.54, 1.807) is 12.4 Å². The number of aromatic amines is 1. The maximum absolute atomic E-state index is 12.3. The predicted octanol–water partition coefficient (Wildman–Crippen LogP) is 5.16. The Kier molecular flexibility index (Phi) is 9.66. The second-order valence-corrected chi connectivity index (χ2v) is 5.13. The number of rotatable bonds is 4. The van der Waals surface area contributed by atoms with E-state index in [9.17, 15) is 4.79 Å². The Morgan fingerprint density at radius 3 is 2.19 bits per heavy atom. The molecule has 1 aromatic carbocycles. The van der Waals surface area contributed by atoms with E-state index in [2.05, 4.69) is 45.7 Å². The van der Waals surface area contributed by atoms with Crippen molar-refractivity contribution in [3.63, 3.8) is 0 Å². The van der Waals surface area contributed by atoms with Gasteiger partial charge in [-0.25, -0.2) is 9.78 Å². The molecule has 0 amide bonds. The second-order valence-electron chi connectivity index (χ2n) is 5.13. The van der Waals surface area contributed by atoms with Gasteiger partial charge in [0.2, 0.25) is 0 Å². The molecule has 5 heteroatoms. The molecule has 4 nitrogen and oxygen atoms in total. The minimum atomic E-state index is -0.310. The smallest absolute Gasteiger partial charge is 0.344 e. The lowest BCUT2D eigenvalue weighted by Crippen LogP contribution is -2.21. The fourth-order valence-corrected chi connectivity index (χ4v) is 2.65. The van der Waals surface area contributed by atoms with Crippen LogP contribution in [0, 0.1) is 0 Å². The van der Waals surface area contributed by atoms with Crippen LogP contribution in [0.2, 0.25) is 0 Å². The molecule has 0 aliphatic carbocycles. The van der Waals surface area contributed by atoms with Crippen molar-refractivity contribution in [3.8, 4) is 11.1 Å². The van der Waals surface area contributed by atoms with Crippen LogP contribution in [-0.2, 0) is 0 Å². The van der Waals surface area contributed by atoms with E-state index in [4.69, 9.17) is 4.42 Å². The number of H-pyrrole nitrogens is 1. The van der Waals surface area contributed by atoms with Gasteiger partial charge in [-0.1, -0.05) is 29.8 Å². The Morgan fingerprint density at radius 1 is 1.00 bits per heavy atom. The Labute approximate surface area is 164 Å². The zero-order valence-electron chi connectivity index (χ0n) is 16.2. The third-order valence-electron chi connectivity index (χ3n) is 3.88. The molecule has 0 unspecified atom stereocenters. The van der Waals surface area contributed by atoms with Gasteiger partial charge in [0, 0.05) is 47.9 Å². The van der Waals surface area contributed by atoms with Gasteiger partial charge in [-0.3, -0.25) is 0 Å². The first-order valence-corrected chi connectivity index (χ1v) is 10.5. The quantitative estimate of drug-likeness (QED) is 0.433. The van der Waals surface area contributed by atoms with Crippen molar-refractivity contribution in [2.24, 2.45) is 0 Å². The molecule has 0 saturated carbocycles. The van der Waals surface area contributed by atoms with E-state index < -0.39 is 0 Å². The van der Waals surface area contributed by atoms with Crippen LogP contribution in [0.25, 0.3) is 22.1 Å². The van der Waals surface area contributed by atoms with E-state index in [0.717, 1.165) is 29.7 Å². The topological polar surface area (TPSA) is 47.6 Å². The summed E-state index contributed by atoms with van der Waals surface area (Å²) in [5, 5.41) is 0.929. The zero-order chi connectivity index (χ0) is 19.5. The molecule has 0 saturated heterocycles. The number of fused-ring (bicyclic) bond motifs is 1. The molecule has 2 aromatic heterocycles. The van der Waals surface area contributed by atoms with Crippen LogP contribution in [0.3, 0.4) is 0 Å². The number of nitrogens with one attached hydrogen (secondary N) is 1. The standard InChI is InChI=1S/C18H18N2O2.C2H6.CH3Br/c1-3-20(4-2)15-6-5-14-11-16(13-7-9-19-10-8-13)18(21)22-17(14)12-15;2*1-2/h5-12H,3-4H2,1-2H3;1-2H3;1H3/p+1. The van der Waals surface area contributed by atoms with Crippen LogP contribution in [0.5, 0.6) is 0 Å². The molecule has 0 atom stereocenters. The lowest BCUT2D eigenvalue weighted by molar-refractivity contribution is -0.377. The molecule has 0 radical (unpaired) electrons. The van der Waals surface area contributed by atoms with Gasteiger partial charge >= 0.3 is 5.63 Å². The van der Waals surface area contributed by atoms with Crippen molar-refractivity contribution in [1.29, 1.82) is 0 Å². The summed E-state index contributed by atoms with van der Waals surface area (Å²) in [7, 11) is 0. The van der Waals surface area contributed by atoms with Crippen LogP contribution in [0.1, 0.15) is 27.7 Å². The number of alkyl halides is 1. The van der Waals surface area contributed by atoms with Crippen LogP contribution >= 0.6 is 15.9 Å². The molecule has 0 spiro atoms. The van der Waals surface area contributed by atoms with Gasteiger partial charge in [-0.15, -0.1) is 0 Å². The van der Waals surface area contributed by atoms with Gasteiger partial charge in [0.15, 0.2) is 12.4 Å². The summed E-state index contributed by atoms with van der Waals surface area (Å²) < 4.78 is 5.53. The summed E-state index contributed by atoms with van der Waals surface area (Å²) >= 11 is 2.94. The molecule has 0 bridgehead atoms. The number of anilines is 1. The minimum Gasteiger partial charge on any atom is -0.422 e. The molecular weight excluding hydrogens is 392 g/mol. The molecule has 0 aliphatic heterocycles. The first-order chi connectivity index (χ1) is 12.7. The fraction of sp³-hybridized carbons (Fsp3) is 0.333. The highest BCUT2D eigenvalue weighted by atomic mass is 79.9. The van der Waals surface area contributed by atoms with Crippen LogP contribution < -0.4 is 15.5 Å². The molecular formula is C21H28BrN2O2+. The molecule has 26 heavy (non-hydrogen) atoms. The highest BCUT2D eigenvalue weighted by molar-refractivity contribution is 9.08. The number of hydrogen-bond donors (Lipinski definition) is 0. The monoisotopic (exact) mass is 419 g/mol. The lowest BCUT2D eigenvalue weighted by atomic mass is 10.1. The normalized spacial score (nSPS) is 9.62. The van der Waals surface area contributed by atoms with Crippen molar-refractivity contribution in [1.82, 2.24) is 0 Å². The van der Waals surface area contributed by atoms with Gasteiger partial charge in [0.25, 0.3) is 0 Å². The number of halogens is 1. The first-order valence-electron chi connectivity index (χ1n) is 8.90. The Balaban J connectivity index is 0.000000791. The van der Waals surface area contributed by atoms with Crippen molar-refractivity contribution in [2.75, 3.05) is 23.8 Å². The van der Waals surface area contributed by atoms with E-state index in [1.807, 2.05) is 50.0 Å². The maximum Gasteiger partial charge on any atom is 0.344 e. The van der Waals surface area contributed by atoms with Crippen molar-refractivity contribution in [3.05, 3.63) is 59.2 Å². The van der Waals surface area contributed by atoms with Gasteiger partial charge in [-0.2, -0.15) is 0 Å². The van der Waals surface area contributed by atoms with E-state index in [1.165, 1.54) is 0 Å². The zero-order valence-corrected chi connectivity index (χ0v) is 17.8. The second kappa shape index (κ2) is 11.5. The highest BCUT2D eigenvalue weighted by Gasteiger charge is 2.10. The van der Waals surface area contributed by atoms with E-state index in [-0.39, 0.29) is 5.63 Å². The van der Waals surface area contributed by atoms with Gasteiger partial charge in [0.05, 0.1) is 5.56 Å². The van der Waals surface area contributed by atoms with Crippen LogP contribution in [0.15, 0.2) is 58.0 Å². The number of benzene rings is 1. The predicted molar refractivity (Wildman–Crippen MR) is 114 cm³/mol. The Morgan fingerprint density at radius 2 is 1.62 bits per heavy atom. The Hall–Kier alpha value is -2.14. The molecule has 0 aliphatic rings. The van der Waals surface area contributed by atoms with E-state index in [0.29, 0.717) is 11.1 Å². The average molecular weight is 420 g/mol. The first kappa shape index (κ1) is 21.9. The number of pyridine rings is 1. The molecule has 3 aromatic rings. The largest absolute Gasteiger partial charge is 0.422 e. The lowest BCUT2D eigenvalue weighted by Gasteiger charge is -2.21. The highest BCUT2D eigenvalue weighted by Crippen LogP contribution is 2.24. The third kappa shape index (κ3) is 5.18. The fourth-order valence-electron chi connectivity index (χ4n) is 2.65. The third-order valence-corrected chi connectivity index (χ3v) is 3.88. The Bertz CT molecular complexity index is 844. The molecule has 3 rings (SSSR count). The average Bonchev–Trinajstić information content (AvgIpc) is 2.72. The molecule has 140 valence electrons. The SMILES string of the molecule is CBr.CC.CCN(CC)c1ccc2cc(-c3cc[nH+]cc3)c(=O)oc2c1. The number of hydrogen-bond acceptors (Lipinski definition) is 3. The minimum absolute atomic E-state index is 0.310. The van der Waals surface area contributed by atoms with Crippen molar-refractivity contribution >= 4 is 32.6 Å².